The summed E-state index contributed by atoms with van der Waals surface area (Å²) in [5.74, 6) is -0.258. The van der Waals surface area contributed by atoms with E-state index in [0.717, 1.165) is 18.8 Å². The Balaban J connectivity index is 3.48. The molecular formula is C32H64NO4+. The first-order chi connectivity index (χ1) is 17.6. The zero-order valence-corrected chi connectivity index (χ0v) is 25.5. The summed E-state index contributed by atoms with van der Waals surface area (Å²) in [4.78, 5) is 23.2. The first-order valence-electron chi connectivity index (χ1n) is 15.9. The summed E-state index contributed by atoms with van der Waals surface area (Å²) in [7, 11) is 5.92. The Bertz CT molecular complexity index is 543. The number of esters is 1. The van der Waals surface area contributed by atoms with Crippen LogP contribution in [0.2, 0.25) is 0 Å². The van der Waals surface area contributed by atoms with Gasteiger partial charge < -0.3 is 14.3 Å². The van der Waals surface area contributed by atoms with E-state index in [1.54, 1.807) is 0 Å². The van der Waals surface area contributed by atoms with Crippen molar-refractivity contribution in [2.45, 2.75) is 161 Å². The second-order valence-corrected chi connectivity index (χ2v) is 12.6. The van der Waals surface area contributed by atoms with Gasteiger partial charge in [-0.15, -0.1) is 0 Å². The standard InChI is InChI=1S/C32H63NO4/c1-6-7-8-18-21-24-29(2)25-22-19-16-14-12-10-9-11-13-15-17-20-23-26-32(36)37-30(27-31(34)35)28-33(3,4)5/h29-30H,6-28H2,1-5H3/p+1. The molecule has 0 aliphatic heterocycles. The van der Waals surface area contributed by atoms with Crippen molar-refractivity contribution in [3.63, 3.8) is 0 Å². The fourth-order valence-electron chi connectivity index (χ4n) is 5.14. The van der Waals surface area contributed by atoms with Gasteiger partial charge in [0.05, 0.1) is 27.6 Å². The lowest BCUT2D eigenvalue weighted by Gasteiger charge is -2.28. The number of nitrogens with zero attached hydrogens (tertiary/aromatic N) is 1. The first kappa shape index (κ1) is 35.9. The molecule has 5 nitrogen and oxygen atoms in total. The number of quaternary nitrogens is 1. The molecule has 0 aromatic heterocycles. The van der Waals surface area contributed by atoms with E-state index in [9.17, 15) is 9.59 Å². The zero-order valence-electron chi connectivity index (χ0n) is 25.5. The number of carbonyl (C=O) groups excluding carboxylic acids is 1. The molecule has 2 atom stereocenters. The molecule has 0 rings (SSSR count). The number of hydrogen-bond acceptors (Lipinski definition) is 3. The third-order valence-corrected chi connectivity index (χ3v) is 7.33. The molecule has 0 aromatic carbocycles. The molecule has 0 saturated carbocycles. The largest absolute Gasteiger partial charge is 0.481 e. The van der Waals surface area contributed by atoms with Crippen LogP contribution in [0.15, 0.2) is 0 Å². The second kappa shape index (κ2) is 24.0. The van der Waals surface area contributed by atoms with Crippen LogP contribution >= 0.6 is 0 Å². The van der Waals surface area contributed by atoms with Crippen LogP contribution in [0.25, 0.3) is 0 Å². The molecule has 0 spiro atoms. The van der Waals surface area contributed by atoms with Gasteiger partial charge in [0.25, 0.3) is 0 Å². The van der Waals surface area contributed by atoms with Gasteiger partial charge in [-0.05, 0) is 12.3 Å². The molecule has 220 valence electrons. The van der Waals surface area contributed by atoms with E-state index in [4.69, 9.17) is 9.84 Å². The third kappa shape index (κ3) is 27.7. The van der Waals surface area contributed by atoms with E-state index >= 15 is 0 Å². The van der Waals surface area contributed by atoms with Crippen LogP contribution in [0, 0.1) is 5.92 Å². The molecule has 2 unspecified atom stereocenters. The second-order valence-electron chi connectivity index (χ2n) is 12.6. The molecule has 0 heterocycles. The first-order valence-corrected chi connectivity index (χ1v) is 15.9. The van der Waals surface area contributed by atoms with Crippen molar-refractivity contribution in [3.8, 4) is 0 Å². The highest BCUT2D eigenvalue weighted by molar-refractivity contribution is 5.71. The van der Waals surface area contributed by atoms with Crippen LogP contribution < -0.4 is 0 Å². The fraction of sp³-hybridized carbons (Fsp3) is 0.938. The molecule has 1 N–H and O–H groups in total. The molecule has 5 heteroatoms. The molecule has 0 fully saturated rings. The minimum absolute atomic E-state index is 0.125. The average molecular weight is 527 g/mol. The lowest BCUT2D eigenvalue weighted by molar-refractivity contribution is -0.873. The number of unbranched alkanes of at least 4 members (excludes halogenated alkanes) is 16. The predicted molar refractivity (Wildman–Crippen MR) is 157 cm³/mol. The predicted octanol–water partition coefficient (Wildman–Crippen LogP) is 8.93. The maximum Gasteiger partial charge on any atom is 0.307 e. The SMILES string of the molecule is CCCCCCCC(C)CCCCCCCCCCCCCCCC(=O)OC(CC(=O)O)C[N+](C)(C)C. The number of carboxylic acids is 1. The van der Waals surface area contributed by atoms with Crippen LogP contribution in [-0.4, -0.2) is 55.3 Å². The Morgan fingerprint density at radius 2 is 1.08 bits per heavy atom. The molecule has 0 bridgehead atoms. The van der Waals surface area contributed by atoms with E-state index in [0.29, 0.717) is 17.4 Å². The lowest BCUT2D eigenvalue weighted by Crippen LogP contribution is -2.43. The van der Waals surface area contributed by atoms with Gasteiger partial charge in [0, 0.05) is 6.42 Å². The van der Waals surface area contributed by atoms with E-state index in [1.165, 1.54) is 116 Å². The molecular weight excluding hydrogens is 462 g/mol. The van der Waals surface area contributed by atoms with Crippen LogP contribution in [-0.2, 0) is 14.3 Å². The highest BCUT2D eigenvalue weighted by Crippen LogP contribution is 2.19. The van der Waals surface area contributed by atoms with Crippen LogP contribution in [0.4, 0.5) is 0 Å². The van der Waals surface area contributed by atoms with Gasteiger partial charge in [0.2, 0.25) is 0 Å². The highest BCUT2D eigenvalue weighted by Gasteiger charge is 2.24. The number of likely N-dealkylation sites (N-methyl/N-ethyl adjacent to an activating group) is 1. The van der Waals surface area contributed by atoms with Crippen molar-refractivity contribution < 1.29 is 23.9 Å². The Hall–Kier alpha value is -1.10. The molecule has 0 radical (unpaired) electrons. The van der Waals surface area contributed by atoms with E-state index in [2.05, 4.69) is 13.8 Å². The highest BCUT2D eigenvalue weighted by atomic mass is 16.5. The minimum Gasteiger partial charge on any atom is -0.481 e. The average Bonchev–Trinajstić information content (AvgIpc) is 2.79. The Morgan fingerprint density at radius 3 is 1.49 bits per heavy atom. The third-order valence-electron chi connectivity index (χ3n) is 7.33. The fourth-order valence-corrected chi connectivity index (χ4v) is 5.14. The van der Waals surface area contributed by atoms with Crippen molar-refractivity contribution >= 4 is 11.9 Å². The van der Waals surface area contributed by atoms with Gasteiger partial charge in [0.1, 0.15) is 6.54 Å². The maximum atomic E-state index is 12.1. The number of hydrogen-bond donors (Lipinski definition) is 1. The van der Waals surface area contributed by atoms with Crippen molar-refractivity contribution in [2.24, 2.45) is 5.92 Å². The quantitative estimate of drug-likeness (QED) is 0.0659. The number of carboxylic acid groups (broad SMARTS) is 1. The van der Waals surface area contributed by atoms with Crippen LogP contribution in [0.5, 0.6) is 0 Å². The Labute approximate surface area is 230 Å². The Kier molecular flexibility index (Phi) is 23.3. The van der Waals surface area contributed by atoms with E-state index in [1.807, 2.05) is 21.1 Å². The number of aliphatic carboxylic acids is 1. The van der Waals surface area contributed by atoms with Crippen molar-refractivity contribution in [1.29, 1.82) is 0 Å². The van der Waals surface area contributed by atoms with Crippen LogP contribution in [0.1, 0.15) is 155 Å². The van der Waals surface area contributed by atoms with Crippen molar-refractivity contribution in [2.75, 3.05) is 27.7 Å². The number of rotatable bonds is 27. The van der Waals surface area contributed by atoms with E-state index < -0.39 is 12.1 Å². The summed E-state index contributed by atoms with van der Waals surface area (Å²) in [5, 5.41) is 9.06. The summed E-state index contributed by atoms with van der Waals surface area (Å²) < 4.78 is 6.02. The smallest absolute Gasteiger partial charge is 0.307 e. The normalized spacial score (nSPS) is 13.4. The monoisotopic (exact) mass is 526 g/mol. The molecule has 0 aromatic rings. The number of ether oxygens (including phenoxy) is 1. The molecule has 0 aliphatic carbocycles. The summed E-state index contributed by atoms with van der Waals surface area (Å²) >= 11 is 0. The summed E-state index contributed by atoms with van der Waals surface area (Å²) in [6.07, 6.45) is 26.3. The summed E-state index contributed by atoms with van der Waals surface area (Å²) in [5.41, 5.74) is 0. The zero-order chi connectivity index (χ0) is 27.8. The van der Waals surface area contributed by atoms with Gasteiger partial charge >= 0.3 is 11.9 Å². The number of carbonyl (C=O) groups is 2. The Morgan fingerprint density at radius 1 is 0.676 bits per heavy atom. The van der Waals surface area contributed by atoms with Gasteiger partial charge in [-0.3, -0.25) is 9.59 Å². The summed E-state index contributed by atoms with van der Waals surface area (Å²) in [6, 6.07) is 0. The maximum absolute atomic E-state index is 12.1. The van der Waals surface area contributed by atoms with Crippen LogP contribution in [0.3, 0.4) is 0 Å². The molecule has 37 heavy (non-hydrogen) atoms. The topological polar surface area (TPSA) is 63.6 Å². The van der Waals surface area contributed by atoms with Gasteiger partial charge in [0.15, 0.2) is 6.10 Å². The summed E-state index contributed by atoms with van der Waals surface area (Å²) in [6.45, 7) is 5.24. The van der Waals surface area contributed by atoms with Gasteiger partial charge in [-0.1, -0.05) is 136 Å². The van der Waals surface area contributed by atoms with Gasteiger partial charge in [-0.2, -0.15) is 0 Å². The van der Waals surface area contributed by atoms with Crippen molar-refractivity contribution in [1.82, 2.24) is 0 Å². The molecule has 0 saturated heterocycles. The molecule has 0 aliphatic rings. The van der Waals surface area contributed by atoms with Gasteiger partial charge in [-0.25, -0.2) is 0 Å². The minimum atomic E-state index is -0.921. The lowest BCUT2D eigenvalue weighted by atomic mass is 9.96. The molecule has 0 amide bonds. The van der Waals surface area contributed by atoms with Crippen molar-refractivity contribution in [3.05, 3.63) is 0 Å². The van der Waals surface area contributed by atoms with E-state index in [-0.39, 0.29) is 12.4 Å².